The summed E-state index contributed by atoms with van der Waals surface area (Å²) in [6, 6.07) is 30.9. The summed E-state index contributed by atoms with van der Waals surface area (Å²) in [7, 11) is 0. The van der Waals surface area contributed by atoms with Gasteiger partial charge in [0, 0.05) is 6.21 Å². The zero-order chi connectivity index (χ0) is 33.3. The van der Waals surface area contributed by atoms with Gasteiger partial charge < -0.3 is 0 Å². The highest BCUT2D eigenvalue weighted by Gasteiger charge is 2.13. The number of aryl methyl sites for hydroxylation is 2. The van der Waals surface area contributed by atoms with Crippen molar-refractivity contribution in [2.24, 2.45) is 9.98 Å². The lowest BCUT2D eigenvalue weighted by atomic mass is 9.90. The third-order valence-corrected chi connectivity index (χ3v) is 9.34. The number of benzene rings is 4. The fourth-order valence-electron chi connectivity index (χ4n) is 6.84. The lowest BCUT2D eigenvalue weighted by Gasteiger charge is -2.16. The molecule has 0 fully saturated rings. The van der Waals surface area contributed by atoms with E-state index in [0.29, 0.717) is 0 Å². The van der Waals surface area contributed by atoms with Crippen LogP contribution in [0.2, 0.25) is 0 Å². The normalized spacial score (nSPS) is 11.9. The minimum absolute atomic E-state index is 0.920. The smallest absolute Gasteiger partial charge is 0.0642 e. The highest BCUT2D eigenvalue weighted by molar-refractivity contribution is 6.30. The number of hydrogen-bond acceptors (Lipinski definition) is 2. The second kappa shape index (κ2) is 19.8. The van der Waals surface area contributed by atoms with E-state index in [4.69, 9.17) is 9.98 Å². The molecule has 47 heavy (non-hydrogen) atoms. The summed E-state index contributed by atoms with van der Waals surface area (Å²) in [6.07, 6.45) is 19.1. The van der Waals surface area contributed by atoms with E-state index in [1.165, 1.54) is 109 Å². The lowest BCUT2D eigenvalue weighted by Crippen LogP contribution is -1.99. The van der Waals surface area contributed by atoms with Crippen LogP contribution in [-0.2, 0) is 25.7 Å². The first kappa shape index (κ1) is 36.1. The topological polar surface area (TPSA) is 24.7 Å². The summed E-state index contributed by atoms with van der Waals surface area (Å²) in [5, 5.41) is 0. The van der Waals surface area contributed by atoms with Gasteiger partial charge in [0.05, 0.1) is 17.1 Å². The van der Waals surface area contributed by atoms with Crippen LogP contribution in [0.4, 0.5) is 11.4 Å². The van der Waals surface area contributed by atoms with Crippen LogP contribution in [0, 0.1) is 0 Å². The predicted octanol–water partition coefficient (Wildman–Crippen LogP) is 13.7. The second-order valence-electron chi connectivity index (χ2n) is 13.0. The molecule has 0 aliphatic carbocycles. The van der Waals surface area contributed by atoms with Crippen molar-refractivity contribution in [1.29, 1.82) is 0 Å². The fourth-order valence-corrected chi connectivity index (χ4v) is 6.84. The predicted molar refractivity (Wildman–Crippen MR) is 208 cm³/mol. The molecular weight excluding hydrogens is 569 g/mol. The molecule has 0 radical (unpaired) electrons. The van der Waals surface area contributed by atoms with E-state index in [0.717, 1.165) is 42.8 Å². The molecule has 0 aliphatic rings. The molecule has 0 aromatic heterocycles. The Kier molecular flexibility index (Phi) is 15.2. The Labute approximate surface area is 286 Å². The first-order valence-electron chi connectivity index (χ1n) is 18.6. The number of aliphatic imine (C=N–C) groups is 2. The summed E-state index contributed by atoms with van der Waals surface area (Å²) >= 11 is 0. The molecule has 0 bridgehead atoms. The molecule has 248 valence electrons. The maximum absolute atomic E-state index is 5.13. The SMILES string of the molecule is CCCCCCCCc1cc(N=CC(C)=Nc2cc(CCCCCC)c(CC)c(-c3ccccc3)c2)cc(-c2ccccc2)c1CC. The van der Waals surface area contributed by atoms with E-state index >= 15 is 0 Å². The van der Waals surface area contributed by atoms with Crippen molar-refractivity contribution in [3.63, 3.8) is 0 Å². The van der Waals surface area contributed by atoms with Crippen LogP contribution in [0.1, 0.15) is 121 Å². The Morgan fingerprint density at radius 3 is 1.49 bits per heavy atom. The molecule has 4 aromatic carbocycles. The molecule has 0 saturated carbocycles. The summed E-state index contributed by atoms with van der Waals surface area (Å²) in [6.45, 7) is 11.2. The van der Waals surface area contributed by atoms with Crippen molar-refractivity contribution in [2.45, 2.75) is 125 Å². The third-order valence-electron chi connectivity index (χ3n) is 9.34. The Morgan fingerprint density at radius 2 is 0.979 bits per heavy atom. The molecule has 0 atom stereocenters. The second-order valence-corrected chi connectivity index (χ2v) is 13.0. The van der Waals surface area contributed by atoms with Gasteiger partial charge in [-0.2, -0.15) is 0 Å². The molecule has 2 nitrogen and oxygen atoms in total. The number of unbranched alkanes of at least 4 members (excludes halogenated alkanes) is 8. The van der Waals surface area contributed by atoms with Crippen LogP contribution in [0.5, 0.6) is 0 Å². The average Bonchev–Trinajstić information content (AvgIpc) is 3.11. The number of nitrogens with zero attached hydrogens (tertiary/aromatic N) is 2. The molecule has 0 unspecified atom stereocenters. The molecule has 0 amide bonds. The molecule has 0 aliphatic heterocycles. The maximum Gasteiger partial charge on any atom is 0.0642 e. The summed E-state index contributed by atoms with van der Waals surface area (Å²) in [5.41, 5.74) is 13.9. The minimum Gasteiger partial charge on any atom is -0.255 e. The first-order chi connectivity index (χ1) is 23.1. The van der Waals surface area contributed by atoms with E-state index in [1.54, 1.807) is 0 Å². The molecule has 2 heteroatoms. The molecule has 0 heterocycles. The Hall–Kier alpha value is -3.78. The van der Waals surface area contributed by atoms with Gasteiger partial charge in [-0.3, -0.25) is 9.98 Å². The molecule has 4 rings (SSSR count). The van der Waals surface area contributed by atoms with Gasteiger partial charge in [0.25, 0.3) is 0 Å². The van der Waals surface area contributed by atoms with Gasteiger partial charge >= 0.3 is 0 Å². The van der Waals surface area contributed by atoms with Gasteiger partial charge in [-0.05, 0) is 114 Å². The highest BCUT2D eigenvalue weighted by atomic mass is 14.8. The van der Waals surface area contributed by atoms with Crippen LogP contribution in [0.25, 0.3) is 22.3 Å². The van der Waals surface area contributed by atoms with Crippen molar-refractivity contribution in [2.75, 3.05) is 0 Å². The molecule has 0 saturated heterocycles. The van der Waals surface area contributed by atoms with E-state index in [1.807, 2.05) is 6.21 Å². The van der Waals surface area contributed by atoms with Crippen LogP contribution in [-0.4, -0.2) is 11.9 Å². The van der Waals surface area contributed by atoms with E-state index in [2.05, 4.69) is 120 Å². The zero-order valence-corrected chi connectivity index (χ0v) is 30.0. The average molecular weight is 627 g/mol. The van der Waals surface area contributed by atoms with Crippen molar-refractivity contribution in [3.8, 4) is 22.3 Å². The minimum atomic E-state index is 0.920. The van der Waals surface area contributed by atoms with Crippen molar-refractivity contribution in [1.82, 2.24) is 0 Å². The van der Waals surface area contributed by atoms with Crippen LogP contribution >= 0.6 is 0 Å². The molecule has 0 N–H and O–H groups in total. The quantitative estimate of drug-likeness (QED) is 0.0731. The van der Waals surface area contributed by atoms with Crippen LogP contribution in [0.15, 0.2) is 94.9 Å². The van der Waals surface area contributed by atoms with Gasteiger partial charge in [-0.25, -0.2) is 0 Å². The third kappa shape index (κ3) is 10.9. The van der Waals surface area contributed by atoms with E-state index in [-0.39, 0.29) is 0 Å². The largest absolute Gasteiger partial charge is 0.255 e. The van der Waals surface area contributed by atoms with E-state index < -0.39 is 0 Å². The molecule has 4 aromatic rings. The van der Waals surface area contributed by atoms with Gasteiger partial charge in [-0.1, -0.05) is 140 Å². The fraction of sp³-hybridized carbons (Fsp3) is 0.422. The summed E-state index contributed by atoms with van der Waals surface area (Å²) in [4.78, 5) is 10.2. The maximum atomic E-state index is 5.13. The zero-order valence-electron chi connectivity index (χ0n) is 30.0. The van der Waals surface area contributed by atoms with Gasteiger partial charge in [-0.15, -0.1) is 0 Å². The monoisotopic (exact) mass is 626 g/mol. The number of rotatable bonds is 19. The van der Waals surface area contributed by atoms with Crippen molar-refractivity contribution < 1.29 is 0 Å². The van der Waals surface area contributed by atoms with Gasteiger partial charge in [0.2, 0.25) is 0 Å². The Balaban J connectivity index is 1.66. The van der Waals surface area contributed by atoms with Crippen molar-refractivity contribution >= 4 is 23.3 Å². The van der Waals surface area contributed by atoms with E-state index in [9.17, 15) is 0 Å². The molecule has 0 spiro atoms. The van der Waals surface area contributed by atoms with Crippen LogP contribution in [0.3, 0.4) is 0 Å². The van der Waals surface area contributed by atoms with Gasteiger partial charge in [0.15, 0.2) is 0 Å². The lowest BCUT2D eigenvalue weighted by molar-refractivity contribution is 0.607. The standard InChI is InChI=1S/C45H58N2/c1-6-10-12-14-15-19-29-38-30-40(32-44(42(38)8-3)36-24-20-16-21-25-36)46-34-35(5)47-41-31-39(28-18-13-11-7-2)43(9-4)45(33-41)37-26-22-17-23-27-37/h16-17,20-27,30-34H,6-15,18-19,28-29H2,1-5H3. The van der Waals surface area contributed by atoms with Crippen molar-refractivity contribution in [3.05, 3.63) is 107 Å². The number of hydrogen-bond donors (Lipinski definition) is 0. The first-order valence-corrected chi connectivity index (χ1v) is 18.6. The van der Waals surface area contributed by atoms with Crippen LogP contribution < -0.4 is 0 Å². The molecular formula is C45H58N2. The highest BCUT2D eigenvalue weighted by Crippen LogP contribution is 2.34. The summed E-state index contributed by atoms with van der Waals surface area (Å²) < 4.78 is 0. The Bertz CT molecular complexity index is 1560. The summed E-state index contributed by atoms with van der Waals surface area (Å²) in [5.74, 6) is 0. The Morgan fingerprint density at radius 1 is 0.532 bits per heavy atom. The van der Waals surface area contributed by atoms with Gasteiger partial charge in [0.1, 0.15) is 0 Å².